The zero-order valence-electron chi connectivity index (χ0n) is 12.2. The van der Waals surface area contributed by atoms with Crippen molar-refractivity contribution in [2.24, 2.45) is 0 Å². The molecule has 0 aliphatic heterocycles. The van der Waals surface area contributed by atoms with Gasteiger partial charge in [0, 0.05) is 0 Å². The van der Waals surface area contributed by atoms with Gasteiger partial charge in [0.2, 0.25) is 0 Å². The van der Waals surface area contributed by atoms with Crippen LogP contribution in [-0.4, -0.2) is 37.0 Å². The molecule has 0 aliphatic carbocycles. The second-order valence-corrected chi connectivity index (χ2v) is 6.53. The van der Waals surface area contributed by atoms with Crippen LogP contribution in [0.3, 0.4) is 0 Å². The first-order chi connectivity index (χ1) is 10.5. The molecule has 2 aromatic heterocycles. The first-order valence-corrected chi connectivity index (χ1v) is 8.33. The summed E-state index contributed by atoms with van der Waals surface area (Å²) in [6.07, 6.45) is 0. The normalized spacial score (nSPS) is 10.7. The molecule has 0 radical (unpaired) electrons. The molecule has 4 nitrogen and oxygen atoms in total. The summed E-state index contributed by atoms with van der Waals surface area (Å²) in [6.45, 7) is 3.94. The molecule has 1 atom stereocenters. The summed E-state index contributed by atoms with van der Waals surface area (Å²) in [5.41, 5.74) is 5.42. The van der Waals surface area contributed by atoms with Gasteiger partial charge in [0.25, 0.3) is 0 Å². The van der Waals surface area contributed by atoms with E-state index in [9.17, 15) is 0 Å². The maximum atomic E-state index is 5.98. The van der Waals surface area contributed by atoms with Gasteiger partial charge < -0.3 is 0 Å². The predicted octanol–water partition coefficient (Wildman–Crippen LogP) is 2.13. The molecule has 110 valence electrons. The maximum absolute atomic E-state index is 5.98. The Hall–Kier alpha value is -1.77. The number of rotatable bonds is 2. The topological polar surface area (TPSA) is 51.6 Å². The second-order valence-electron chi connectivity index (χ2n) is 5.01. The summed E-state index contributed by atoms with van der Waals surface area (Å²) >= 11 is 7.32. The van der Waals surface area contributed by atoms with E-state index in [1.807, 2.05) is 50.2 Å². The van der Waals surface area contributed by atoms with Gasteiger partial charge in [-0.2, -0.15) is 0 Å². The zero-order chi connectivity index (χ0) is 15.7. The van der Waals surface area contributed by atoms with E-state index < -0.39 is 0 Å². The molecule has 0 bridgehead atoms. The summed E-state index contributed by atoms with van der Waals surface area (Å²) in [7, 11) is 0. The third-order valence-electron chi connectivity index (χ3n) is 3.18. The van der Waals surface area contributed by atoms with E-state index in [0.29, 0.717) is 9.63 Å². The Morgan fingerprint density at radius 2 is 1.45 bits per heavy atom. The third kappa shape index (κ3) is 3.18. The van der Waals surface area contributed by atoms with Crippen molar-refractivity contribution in [3.05, 3.63) is 52.8 Å². The predicted molar refractivity (Wildman–Crippen MR) is 91.2 cm³/mol. The van der Waals surface area contributed by atoms with E-state index in [-0.39, 0.29) is 0 Å². The summed E-state index contributed by atoms with van der Waals surface area (Å²) in [5, 5.41) is 9.21. The molecule has 0 saturated carbocycles. The van der Waals surface area contributed by atoms with Gasteiger partial charge in [0.1, 0.15) is 0 Å². The summed E-state index contributed by atoms with van der Waals surface area (Å²) in [5.74, 6) is 0. The van der Waals surface area contributed by atoms with E-state index >= 15 is 0 Å². The number of aromatic nitrogens is 4. The molecule has 22 heavy (non-hydrogen) atoms. The first-order valence-electron chi connectivity index (χ1n) is 6.75. The molecule has 1 unspecified atom stereocenters. The van der Waals surface area contributed by atoms with Crippen LogP contribution < -0.4 is 4.61 Å². The molecule has 3 aromatic rings. The minimum absolute atomic E-state index is 0.698. The molecule has 0 aliphatic rings. The van der Waals surface area contributed by atoms with Crippen molar-refractivity contribution in [3.63, 3.8) is 0 Å². The van der Waals surface area contributed by atoms with E-state index in [1.54, 1.807) is 0 Å². The summed E-state index contributed by atoms with van der Waals surface area (Å²) in [6, 6.07) is 11.6. The fraction of sp³-hybridized carbons (Fsp3) is 0.125. The molecule has 0 fully saturated rings. The molecule has 3 rings (SSSR count). The fourth-order valence-electron chi connectivity index (χ4n) is 2.31. The third-order valence-corrected chi connectivity index (χ3v) is 3.94. The molecule has 0 saturated heterocycles. The van der Waals surface area contributed by atoms with Crippen LogP contribution >= 0.6 is 11.6 Å². The monoisotopic (exact) mass is 372 g/mol. The number of aryl methyl sites for hydroxylation is 2. The van der Waals surface area contributed by atoms with Gasteiger partial charge in [0.15, 0.2) is 0 Å². The summed E-state index contributed by atoms with van der Waals surface area (Å²) in [4.78, 5) is 9.01. The van der Waals surface area contributed by atoms with Crippen molar-refractivity contribution in [2.75, 3.05) is 0 Å². The Morgan fingerprint density at radius 1 is 0.818 bits per heavy atom. The average molecular weight is 373 g/mol. The second kappa shape index (κ2) is 6.15. The Bertz CT molecular complexity index is 814. The van der Waals surface area contributed by atoms with Crippen LogP contribution in [0.25, 0.3) is 22.5 Å². The van der Waals surface area contributed by atoms with Crippen molar-refractivity contribution in [2.45, 2.75) is 13.8 Å². The molecule has 2 heterocycles. The first kappa shape index (κ1) is 15.1. The number of benzene rings is 1. The summed E-state index contributed by atoms with van der Waals surface area (Å²) < 4.78 is 0.698. The van der Waals surface area contributed by atoms with Crippen LogP contribution in [0.1, 0.15) is 11.4 Å². The van der Waals surface area contributed by atoms with E-state index in [4.69, 9.17) is 11.6 Å². The fourth-order valence-corrected chi connectivity index (χ4v) is 2.83. The zero-order valence-corrected chi connectivity index (χ0v) is 15.4. The van der Waals surface area contributed by atoms with Crippen LogP contribution in [0.2, 0.25) is 5.02 Å². The van der Waals surface area contributed by atoms with Crippen molar-refractivity contribution in [1.29, 1.82) is 0 Å². The Balaban J connectivity index is 2.22. The van der Waals surface area contributed by atoms with Crippen molar-refractivity contribution in [1.82, 2.24) is 20.2 Å². The number of pyridine rings is 1. The quantitative estimate of drug-likeness (QED) is 0.647. The van der Waals surface area contributed by atoms with Crippen LogP contribution in [0, 0.1) is 13.8 Å². The molecular weight excluding hydrogens is 359 g/mol. The molecule has 0 amide bonds. The number of hydrogen-bond acceptors (Lipinski definition) is 4. The minimum atomic E-state index is 0.698. The van der Waals surface area contributed by atoms with Crippen molar-refractivity contribution >= 4 is 33.1 Å². The standard InChI is InChI=1S/C16H14AsClN4/c1-9-7-12(8-10(2)19-9)15-14(20-16(17)22-21-15)11-3-5-13(18)6-4-11/h3-8H,17H2,1-2H3. The van der Waals surface area contributed by atoms with Crippen LogP contribution in [0.15, 0.2) is 36.4 Å². The molecule has 0 spiro atoms. The van der Waals surface area contributed by atoms with Gasteiger partial charge in [-0.05, 0) is 0 Å². The molecule has 0 N–H and O–H groups in total. The average Bonchev–Trinajstić information content (AvgIpc) is 2.47. The van der Waals surface area contributed by atoms with Crippen LogP contribution in [-0.2, 0) is 0 Å². The van der Waals surface area contributed by atoms with Gasteiger partial charge >= 0.3 is 142 Å². The molecular formula is C16H14AsClN4. The molecule has 1 aromatic carbocycles. The molecule has 6 heteroatoms. The van der Waals surface area contributed by atoms with Gasteiger partial charge in [0.05, 0.1) is 0 Å². The van der Waals surface area contributed by atoms with Crippen molar-refractivity contribution in [3.8, 4) is 22.5 Å². The van der Waals surface area contributed by atoms with Gasteiger partial charge in [-0.3, -0.25) is 0 Å². The Morgan fingerprint density at radius 3 is 2.09 bits per heavy atom. The van der Waals surface area contributed by atoms with Gasteiger partial charge in [-0.15, -0.1) is 0 Å². The van der Waals surface area contributed by atoms with E-state index in [1.165, 1.54) is 16.9 Å². The van der Waals surface area contributed by atoms with Gasteiger partial charge in [-0.25, -0.2) is 0 Å². The number of nitrogens with zero attached hydrogens (tertiary/aromatic N) is 4. The Labute approximate surface area is 142 Å². The van der Waals surface area contributed by atoms with Crippen LogP contribution in [0.5, 0.6) is 0 Å². The SMILES string of the molecule is Cc1cc(-c2nnc([AsH2])nc2-c2ccc(Cl)cc2)cc(C)n1. The Kier molecular flexibility index (Phi) is 4.23. The van der Waals surface area contributed by atoms with E-state index in [2.05, 4.69) is 20.2 Å². The number of hydrogen-bond donors (Lipinski definition) is 0. The van der Waals surface area contributed by atoms with Crippen LogP contribution in [0.4, 0.5) is 0 Å². The van der Waals surface area contributed by atoms with Gasteiger partial charge in [-0.1, -0.05) is 0 Å². The number of halogens is 1. The van der Waals surface area contributed by atoms with Crippen molar-refractivity contribution < 1.29 is 0 Å². The van der Waals surface area contributed by atoms with E-state index in [0.717, 1.165) is 33.9 Å².